The number of rotatable bonds is 6. The summed E-state index contributed by atoms with van der Waals surface area (Å²) in [5, 5.41) is 0.917. The molecule has 1 aromatic heterocycles. The molecule has 0 saturated carbocycles. The summed E-state index contributed by atoms with van der Waals surface area (Å²) in [6, 6.07) is 25.4. The molecule has 0 aliphatic heterocycles. The van der Waals surface area contributed by atoms with Crippen molar-refractivity contribution in [2.24, 2.45) is 0 Å². The Hall–Kier alpha value is -3.59. The van der Waals surface area contributed by atoms with Gasteiger partial charge in [0.2, 0.25) is 0 Å². The summed E-state index contributed by atoms with van der Waals surface area (Å²) in [5.41, 5.74) is 4.25. The van der Waals surface area contributed by atoms with Crippen molar-refractivity contribution in [1.82, 2.24) is 0 Å². The first kappa shape index (κ1) is 18.8. The summed E-state index contributed by atoms with van der Waals surface area (Å²) in [4.78, 5) is 12.1. The lowest BCUT2D eigenvalue weighted by Gasteiger charge is -2.12. The highest BCUT2D eigenvalue weighted by atomic mass is 16.5. The second-order valence-corrected chi connectivity index (χ2v) is 6.78. The van der Waals surface area contributed by atoms with Crippen molar-refractivity contribution in [3.8, 4) is 16.9 Å². The van der Waals surface area contributed by atoms with E-state index in [1.807, 2.05) is 78.9 Å². The number of aryl methyl sites for hydroxylation is 1. The highest BCUT2D eigenvalue weighted by molar-refractivity contribution is 5.94. The van der Waals surface area contributed by atoms with Gasteiger partial charge in [-0.25, -0.2) is 4.79 Å². The molecule has 0 spiro atoms. The van der Waals surface area contributed by atoms with Crippen LogP contribution in [-0.2, 0) is 6.42 Å². The summed E-state index contributed by atoms with van der Waals surface area (Å²) >= 11 is 0. The molecular weight excluding hydrogens is 360 g/mol. The van der Waals surface area contributed by atoms with Crippen LogP contribution in [0, 0.1) is 0 Å². The molecule has 144 valence electrons. The Balaban J connectivity index is 1.67. The van der Waals surface area contributed by atoms with Crippen LogP contribution in [0.1, 0.15) is 18.1 Å². The number of ether oxygens (including phenoxy) is 1. The van der Waals surface area contributed by atoms with Gasteiger partial charge >= 0.3 is 5.63 Å². The topological polar surface area (TPSA) is 39.4 Å². The van der Waals surface area contributed by atoms with Crippen molar-refractivity contribution in [2.45, 2.75) is 13.3 Å². The molecule has 3 aromatic carbocycles. The van der Waals surface area contributed by atoms with Crippen molar-refractivity contribution >= 4 is 17.0 Å². The first-order valence-electron chi connectivity index (χ1n) is 9.75. The van der Waals surface area contributed by atoms with E-state index < -0.39 is 0 Å². The largest absolute Gasteiger partial charge is 0.489 e. The molecule has 4 rings (SSSR count). The highest BCUT2D eigenvalue weighted by Crippen LogP contribution is 2.32. The standard InChI is InChI=1S/C26H22O3/c1-2-20-16-23-22(21-13-7-4-8-14-21)17-26(27)29-25(23)18-24(20)28-15-9-12-19-10-5-3-6-11-19/h3-14,16-18H,2,15H2,1H3/b12-9+. The summed E-state index contributed by atoms with van der Waals surface area (Å²) in [7, 11) is 0. The Morgan fingerprint density at radius 2 is 1.66 bits per heavy atom. The molecule has 0 aliphatic carbocycles. The lowest BCUT2D eigenvalue weighted by molar-refractivity contribution is 0.359. The summed E-state index contributed by atoms with van der Waals surface area (Å²) in [6.07, 6.45) is 4.83. The van der Waals surface area contributed by atoms with Gasteiger partial charge in [0.1, 0.15) is 17.9 Å². The summed E-state index contributed by atoms with van der Waals surface area (Å²) in [6.45, 7) is 2.53. The van der Waals surface area contributed by atoms with Crippen molar-refractivity contribution in [3.63, 3.8) is 0 Å². The van der Waals surface area contributed by atoms with E-state index in [2.05, 4.69) is 13.0 Å². The van der Waals surface area contributed by atoms with Crippen LogP contribution in [0.15, 0.2) is 94.2 Å². The molecule has 0 N–H and O–H groups in total. The zero-order chi connectivity index (χ0) is 20.1. The third-order valence-corrected chi connectivity index (χ3v) is 4.84. The maximum atomic E-state index is 12.1. The van der Waals surface area contributed by atoms with Crippen LogP contribution in [0.25, 0.3) is 28.2 Å². The third kappa shape index (κ3) is 4.30. The van der Waals surface area contributed by atoms with E-state index in [-0.39, 0.29) is 5.63 Å². The molecule has 0 amide bonds. The van der Waals surface area contributed by atoms with Crippen LogP contribution >= 0.6 is 0 Å². The zero-order valence-corrected chi connectivity index (χ0v) is 16.3. The van der Waals surface area contributed by atoms with Gasteiger partial charge in [0.25, 0.3) is 0 Å². The molecule has 3 nitrogen and oxygen atoms in total. The third-order valence-electron chi connectivity index (χ3n) is 4.84. The monoisotopic (exact) mass is 382 g/mol. The van der Waals surface area contributed by atoms with Crippen molar-refractivity contribution in [3.05, 3.63) is 106 Å². The molecule has 29 heavy (non-hydrogen) atoms. The first-order valence-corrected chi connectivity index (χ1v) is 9.75. The van der Waals surface area contributed by atoms with Crippen LogP contribution in [0.5, 0.6) is 5.75 Å². The maximum Gasteiger partial charge on any atom is 0.336 e. The minimum absolute atomic E-state index is 0.365. The molecule has 0 unspecified atom stereocenters. The minimum Gasteiger partial charge on any atom is -0.489 e. The van der Waals surface area contributed by atoms with E-state index in [1.165, 1.54) is 0 Å². The van der Waals surface area contributed by atoms with E-state index in [9.17, 15) is 4.79 Å². The quantitative estimate of drug-likeness (QED) is 0.377. The number of hydrogen-bond acceptors (Lipinski definition) is 3. The van der Waals surface area contributed by atoms with Gasteiger partial charge in [-0.3, -0.25) is 0 Å². The average molecular weight is 382 g/mol. The Morgan fingerprint density at radius 3 is 2.38 bits per heavy atom. The lowest BCUT2D eigenvalue weighted by atomic mass is 9.99. The van der Waals surface area contributed by atoms with E-state index >= 15 is 0 Å². The normalized spacial score (nSPS) is 11.2. The van der Waals surface area contributed by atoms with Gasteiger partial charge in [0.05, 0.1) is 0 Å². The second-order valence-electron chi connectivity index (χ2n) is 6.78. The van der Waals surface area contributed by atoms with Gasteiger partial charge in [-0.15, -0.1) is 0 Å². The van der Waals surface area contributed by atoms with Gasteiger partial charge in [0, 0.05) is 17.5 Å². The molecule has 0 atom stereocenters. The number of fused-ring (bicyclic) bond motifs is 1. The smallest absolute Gasteiger partial charge is 0.336 e. The van der Waals surface area contributed by atoms with Gasteiger partial charge in [0.15, 0.2) is 0 Å². The van der Waals surface area contributed by atoms with E-state index in [0.717, 1.165) is 39.8 Å². The Bertz CT molecular complexity index is 1190. The van der Waals surface area contributed by atoms with Crippen molar-refractivity contribution < 1.29 is 9.15 Å². The predicted molar refractivity (Wildman–Crippen MR) is 118 cm³/mol. The molecule has 0 saturated heterocycles. The second kappa shape index (κ2) is 8.61. The number of hydrogen-bond donors (Lipinski definition) is 0. The predicted octanol–water partition coefficient (Wildman–Crippen LogP) is 6.11. The molecular formula is C26H22O3. The maximum absolute atomic E-state index is 12.1. The lowest BCUT2D eigenvalue weighted by Crippen LogP contribution is -2.01. The Labute approximate surface area is 169 Å². The van der Waals surface area contributed by atoms with Crippen LogP contribution in [0.4, 0.5) is 0 Å². The summed E-state index contributed by atoms with van der Waals surface area (Å²) < 4.78 is 11.5. The summed E-state index contributed by atoms with van der Waals surface area (Å²) in [5.74, 6) is 0.742. The van der Waals surface area contributed by atoms with Crippen LogP contribution in [-0.4, -0.2) is 6.61 Å². The molecule has 0 radical (unpaired) electrons. The Kier molecular flexibility index (Phi) is 5.57. The van der Waals surface area contributed by atoms with Gasteiger partial charge in [-0.1, -0.05) is 73.7 Å². The fourth-order valence-corrected chi connectivity index (χ4v) is 3.39. The Morgan fingerprint density at radius 1 is 0.931 bits per heavy atom. The average Bonchev–Trinajstić information content (AvgIpc) is 2.77. The molecule has 3 heteroatoms. The highest BCUT2D eigenvalue weighted by Gasteiger charge is 2.12. The zero-order valence-electron chi connectivity index (χ0n) is 16.3. The fourth-order valence-electron chi connectivity index (χ4n) is 3.39. The first-order chi connectivity index (χ1) is 14.2. The molecule has 0 bridgehead atoms. The minimum atomic E-state index is -0.365. The SMILES string of the molecule is CCc1cc2c(-c3ccccc3)cc(=O)oc2cc1OC/C=C/c1ccccc1. The molecule has 1 heterocycles. The number of benzene rings is 3. The van der Waals surface area contributed by atoms with E-state index in [4.69, 9.17) is 9.15 Å². The van der Waals surface area contributed by atoms with Crippen LogP contribution in [0.2, 0.25) is 0 Å². The molecule has 4 aromatic rings. The van der Waals surface area contributed by atoms with Crippen LogP contribution < -0.4 is 10.4 Å². The fraction of sp³-hybridized carbons (Fsp3) is 0.115. The molecule has 0 fully saturated rings. The molecule has 0 aliphatic rings. The van der Waals surface area contributed by atoms with Gasteiger partial charge in [-0.05, 0) is 40.8 Å². The van der Waals surface area contributed by atoms with Crippen molar-refractivity contribution in [2.75, 3.05) is 6.61 Å². The van der Waals surface area contributed by atoms with E-state index in [0.29, 0.717) is 12.2 Å². The van der Waals surface area contributed by atoms with Gasteiger partial charge < -0.3 is 9.15 Å². The van der Waals surface area contributed by atoms with Crippen LogP contribution in [0.3, 0.4) is 0 Å². The van der Waals surface area contributed by atoms with Crippen molar-refractivity contribution in [1.29, 1.82) is 0 Å². The van der Waals surface area contributed by atoms with Gasteiger partial charge in [-0.2, -0.15) is 0 Å². The van der Waals surface area contributed by atoms with E-state index in [1.54, 1.807) is 6.07 Å².